The van der Waals surface area contributed by atoms with Gasteiger partial charge in [-0.05, 0) is 31.9 Å². The lowest BCUT2D eigenvalue weighted by molar-refractivity contribution is -0.134. The Kier molecular flexibility index (Phi) is 5.21. The van der Waals surface area contributed by atoms with E-state index in [-0.39, 0.29) is 11.8 Å². The lowest BCUT2D eigenvalue weighted by atomic mass is 10.2. The van der Waals surface area contributed by atoms with E-state index < -0.39 is 6.04 Å². The van der Waals surface area contributed by atoms with Crippen LogP contribution in [0.25, 0.3) is 16.2 Å². The highest BCUT2D eigenvalue weighted by Gasteiger charge is 2.23. The van der Waals surface area contributed by atoms with Gasteiger partial charge in [0.15, 0.2) is 0 Å². The molecule has 1 N–H and O–H groups in total. The standard InChI is InChI=1S/C18H19ClN2O2S/c1-12(18(23)21-10-4-5-11-21)20-16(22)9-8-15-17(19)13-6-2-3-7-14(13)24-15/h2-3,6-9,12H,4-5,10-11H2,1H3,(H,20,22). The largest absolute Gasteiger partial charge is 0.341 e. The molecule has 0 radical (unpaired) electrons. The van der Waals surface area contributed by atoms with E-state index in [4.69, 9.17) is 11.6 Å². The van der Waals surface area contributed by atoms with E-state index in [1.165, 1.54) is 17.4 Å². The molecule has 1 atom stereocenters. The first-order valence-electron chi connectivity index (χ1n) is 8.00. The summed E-state index contributed by atoms with van der Waals surface area (Å²) in [5.41, 5.74) is 0. The van der Waals surface area contributed by atoms with Gasteiger partial charge in [-0.25, -0.2) is 0 Å². The van der Waals surface area contributed by atoms with Gasteiger partial charge >= 0.3 is 0 Å². The molecule has 1 aliphatic rings. The molecule has 1 aromatic carbocycles. The number of halogens is 1. The molecule has 0 saturated carbocycles. The molecule has 0 bridgehead atoms. The van der Waals surface area contributed by atoms with E-state index in [0.29, 0.717) is 5.02 Å². The number of fused-ring (bicyclic) bond motifs is 1. The van der Waals surface area contributed by atoms with Gasteiger partial charge in [0.25, 0.3) is 0 Å². The molecule has 126 valence electrons. The molecule has 4 nitrogen and oxygen atoms in total. The predicted octanol–water partition coefficient (Wildman–Crippen LogP) is 3.70. The van der Waals surface area contributed by atoms with Crippen molar-refractivity contribution in [2.45, 2.75) is 25.8 Å². The van der Waals surface area contributed by atoms with Crippen molar-refractivity contribution in [2.75, 3.05) is 13.1 Å². The Morgan fingerprint density at radius 3 is 2.71 bits per heavy atom. The van der Waals surface area contributed by atoms with Crippen LogP contribution in [0.2, 0.25) is 5.02 Å². The number of hydrogen-bond donors (Lipinski definition) is 1. The van der Waals surface area contributed by atoms with Gasteiger partial charge < -0.3 is 10.2 Å². The molecule has 1 saturated heterocycles. The van der Waals surface area contributed by atoms with Crippen LogP contribution in [-0.4, -0.2) is 35.8 Å². The molecule has 1 aromatic heterocycles. The van der Waals surface area contributed by atoms with Crippen LogP contribution in [-0.2, 0) is 9.59 Å². The second-order valence-electron chi connectivity index (χ2n) is 5.87. The van der Waals surface area contributed by atoms with Crippen molar-refractivity contribution in [3.05, 3.63) is 40.2 Å². The molecule has 6 heteroatoms. The average molecular weight is 363 g/mol. The number of carbonyl (C=O) groups is 2. The Hall–Kier alpha value is -1.85. The van der Waals surface area contributed by atoms with Crippen LogP contribution in [0.15, 0.2) is 30.3 Å². The van der Waals surface area contributed by atoms with Crippen LogP contribution in [0.3, 0.4) is 0 Å². The molecule has 2 heterocycles. The third-order valence-corrected chi connectivity index (χ3v) is 5.75. The Morgan fingerprint density at radius 2 is 2.00 bits per heavy atom. The molecule has 3 rings (SSSR count). The third-order valence-electron chi connectivity index (χ3n) is 4.09. The molecule has 1 unspecified atom stereocenters. The summed E-state index contributed by atoms with van der Waals surface area (Å²) in [6, 6.07) is 7.34. The number of carbonyl (C=O) groups excluding carboxylic acids is 2. The summed E-state index contributed by atoms with van der Waals surface area (Å²) in [6.45, 7) is 3.29. The molecule has 2 aromatic rings. The number of hydrogen-bond acceptors (Lipinski definition) is 3. The first-order chi connectivity index (χ1) is 11.6. The van der Waals surface area contributed by atoms with Crippen LogP contribution in [0, 0.1) is 0 Å². The van der Waals surface area contributed by atoms with E-state index >= 15 is 0 Å². The fourth-order valence-corrected chi connectivity index (χ4v) is 4.22. The highest BCUT2D eigenvalue weighted by molar-refractivity contribution is 7.20. The van der Waals surface area contributed by atoms with Gasteiger partial charge in [0.1, 0.15) is 6.04 Å². The van der Waals surface area contributed by atoms with Crippen molar-refractivity contribution in [3.8, 4) is 0 Å². The molecule has 0 aliphatic carbocycles. The lowest BCUT2D eigenvalue weighted by Crippen LogP contribution is -2.45. The van der Waals surface area contributed by atoms with E-state index in [2.05, 4.69) is 5.32 Å². The van der Waals surface area contributed by atoms with Gasteiger partial charge in [0, 0.05) is 34.1 Å². The zero-order valence-corrected chi connectivity index (χ0v) is 15.0. The normalized spacial score (nSPS) is 16.0. The molecule has 0 spiro atoms. The summed E-state index contributed by atoms with van der Waals surface area (Å²) in [6.07, 6.45) is 5.22. The average Bonchev–Trinajstić information content (AvgIpc) is 3.21. The van der Waals surface area contributed by atoms with Gasteiger partial charge in [-0.15, -0.1) is 11.3 Å². The SMILES string of the molecule is CC(NC(=O)C=Cc1sc2ccccc2c1Cl)C(=O)N1CCCC1. The van der Waals surface area contributed by atoms with Crippen molar-refractivity contribution >= 4 is 50.9 Å². The maximum absolute atomic E-state index is 12.2. The molecule has 2 amide bonds. The highest BCUT2D eigenvalue weighted by atomic mass is 35.5. The Balaban J connectivity index is 1.64. The third kappa shape index (κ3) is 3.62. The summed E-state index contributed by atoms with van der Waals surface area (Å²) < 4.78 is 1.08. The molecular formula is C18H19ClN2O2S. The van der Waals surface area contributed by atoms with E-state index in [1.807, 2.05) is 24.3 Å². The number of nitrogens with one attached hydrogen (secondary N) is 1. The number of amides is 2. The van der Waals surface area contributed by atoms with Gasteiger partial charge in [-0.3, -0.25) is 9.59 Å². The quantitative estimate of drug-likeness (QED) is 0.843. The molecule has 1 fully saturated rings. The zero-order chi connectivity index (χ0) is 17.1. The number of likely N-dealkylation sites (tertiary alicyclic amines) is 1. The van der Waals surface area contributed by atoms with Crippen LogP contribution < -0.4 is 5.32 Å². The van der Waals surface area contributed by atoms with E-state index in [0.717, 1.165) is 40.9 Å². The summed E-state index contributed by atoms with van der Waals surface area (Å²) in [7, 11) is 0. The van der Waals surface area contributed by atoms with Crippen LogP contribution in [0.5, 0.6) is 0 Å². The maximum Gasteiger partial charge on any atom is 0.244 e. The van der Waals surface area contributed by atoms with Crippen LogP contribution >= 0.6 is 22.9 Å². The minimum absolute atomic E-state index is 0.0193. The number of rotatable bonds is 4. The summed E-state index contributed by atoms with van der Waals surface area (Å²) in [4.78, 5) is 26.9. The fourth-order valence-electron chi connectivity index (χ4n) is 2.83. The molecule has 1 aliphatic heterocycles. The van der Waals surface area contributed by atoms with Gasteiger partial charge in [-0.2, -0.15) is 0 Å². The van der Waals surface area contributed by atoms with Gasteiger partial charge in [-0.1, -0.05) is 29.8 Å². The van der Waals surface area contributed by atoms with Crippen molar-refractivity contribution in [2.24, 2.45) is 0 Å². The minimum Gasteiger partial charge on any atom is -0.341 e. The topological polar surface area (TPSA) is 49.4 Å². The van der Waals surface area contributed by atoms with Crippen molar-refractivity contribution in [3.63, 3.8) is 0 Å². The molecular weight excluding hydrogens is 344 g/mol. The predicted molar refractivity (Wildman–Crippen MR) is 99.3 cm³/mol. The number of benzene rings is 1. The van der Waals surface area contributed by atoms with Crippen molar-refractivity contribution in [1.29, 1.82) is 0 Å². The molecule has 24 heavy (non-hydrogen) atoms. The first kappa shape index (κ1) is 17.0. The second-order valence-corrected chi connectivity index (χ2v) is 7.33. The maximum atomic E-state index is 12.2. The summed E-state index contributed by atoms with van der Waals surface area (Å²) in [5.74, 6) is -0.308. The zero-order valence-electron chi connectivity index (χ0n) is 13.4. The Labute approximate surface area is 150 Å². The summed E-state index contributed by atoms with van der Waals surface area (Å²) >= 11 is 7.89. The Morgan fingerprint density at radius 1 is 1.29 bits per heavy atom. The van der Waals surface area contributed by atoms with Crippen molar-refractivity contribution < 1.29 is 9.59 Å². The summed E-state index contributed by atoms with van der Waals surface area (Å²) in [5, 5.41) is 4.37. The monoisotopic (exact) mass is 362 g/mol. The second kappa shape index (κ2) is 7.36. The van der Waals surface area contributed by atoms with E-state index in [9.17, 15) is 9.59 Å². The van der Waals surface area contributed by atoms with Crippen LogP contribution in [0.4, 0.5) is 0 Å². The highest BCUT2D eigenvalue weighted by Crippen LogP contribution is 2.35. The Bertz CT molecular complexity index is 793. The fraction of sp³-hybridized carbons (Fsp3) is 0.333. The van der Waals surface area contributed by atoms with Crippen molar-refractivity contribution in [1.82, 2.24) is 10.2 Å². The van der Waals surface area contributed by atoms with Gasteiger partial charge in [0.2, 0.25) is 11.8 Å². The number of thiophene rings is 1. The first-order valence-corrected chi connectivity index (χ1v) is 9.20. The lowest BCUT2D eigenvalue weighted by Gasteiger charge is -2.20. The minimum atomic E-state index is -0.516. The number of nitrogens with zero attached hydrogens (tertiary/aromatic N) is 1. The smallest absolute Gasteiger partial charge is 0.244 e. The van der Waals surface area contributed by atoms with Crippen LogP contribution in [0.1, 0.15) is 24.6 Å². The van der Waals surface area contributed by atoms with E-state index in [1.54, 1.807) is 17.9 Å². The van der Waals surface area contributed by atoms with Gasteiger partial charge in [0.05, 0.1) is 5.02 Å².